The molecular weight excluding hydrogens is 406 g/mol. The molecule has 2 aliphatic rings. The summed E-state index contributed by atoms with van der Waals surface area (Å²) in [6.45, 7) is 2.51. The van der Waals surface area contributed by atoms with Crippen LogP contribution in [0.3, 0.4) is 0 Å². The van der Waals surface area contributed by atoms with Gasteiger partial charge in [0, 0.05) is 29.6 Å². The SMILES string of the molecule is CCCCN1C(=O)[C@H]2Cc3c([nH]c4ccccc34)[C@H](c3ccc(OC)c(OC)c3)N2C1=O. The Kier molecular flexibility index (Phi) is 5.04. The molecule has 0 radical (unpaired) electrons. The van der Waals surface area contributed by atoms with E-state index in [9.17, 15) is 9.59 Å². The van der Waals surface area contributed by atoms with Gasteiger partial charge in [-0.05, 0) is 35.7 Å². The van der Waals surface area contributed by atoms with Crippen LogP contribution in [0.25, 0.3) is 10.9 Å². The van der Waals surface area contributed by atoms with Crippen LogP contribution < -0.4 is 9.47 Å². The molecule has 5 rings (SSSR count). The molecule has 0 spiro atoms. The summed E-state index contributed by atoms with van der Waals surface area (Å²) < 4.78 is 10.9. The number of H-pyrrole nitrogens is 1. The van der Waals surface area contributed by atoms with Crippen molar-refractivity contribution < 1.29 is 19.1 Å². The van der Waals surface area contributed by atoms with Gasteiger partial charge in [-0.25, -0.2) is 4.79 Å². The monoisotopic (exact) mass is 433 g/mol. The molecule has 7 nitrogen and oxygen atoms in total. The number of benzene rings is 2. The molecule has 0 unspecified atom stereocenters. The fourth-order valence-corrected chi connectivity index (χ4v) is 5.02. The number of ether oxygens (including phenoxy) is 2. The normalized spacial score (nSPS) is 20.0. The molecule has 0 saturated carbocycles. The predicted octanol–water partition coefficient (Wildman–Crippen LogP) is 4.26. The largest absolute Gasteiger partial charge is 0.493 e. The molecule has 3 aromatic rings. The highest BCUT2D eigenvalue weighted by atomic mass is 16.5. The number of hydrogen-bond donors (Lipinski definition) is 1. The average Bonchev–Trinajstić information content (AvgIpc) is 3.31. The highest BCUT2D eigenvalue weighted by Gasteiger charge is 2.52. The van der Waals surface area contributed by atoms with Gasteiger partial charge in [0.25, 0.3) is 5.91 Å². The molecule has 2 aliphatic heterocycles. The van der Waals surface area contributed by atoms with Crippen LogP contribution in [0.1, 0.15) is 42.6 Å². The lowest BCUT2D eigenvalue weighted by Gasteiger charge is -2.36. The maximum Gasteiger partial charge on any atom is 0.328 e. The van der Waals surface area contributed by atoms with E-state index in [2.05, 4.69) is 18.0 Å². The van der Waals surface area contributed by atoms with Crippen molar-refractivity contribution in [3.8, 4) is 11.5 Å². The van der Waals surface area contributed by atoms with E-state index in [1.54, 1.807) is 19.1 Å². The van der Waals surface area contributed by atoms with Gasteiger partial charge >= 0.3 is 6.03 Å². The highest BCUT2D eigenvalue weighted by molar-refractivity contribution is 6.05. The molecule has 32 heavy (non-hydrogen) atoms. The van der Waals surface area contributed by atoms with Crippen LogP contribution in [-0.4, -0.2) is 53.5 Å². The quantitative estimate of drug-likeness (QED) is 0.590. The van der Waals surface area contributed by atoms with Gasteiger partial charge in [0.05, 0.1) is 14.2 Å². The van der Waals surface area contributed by atoms with Gasteiger partial charge in [-0.3, -0.25) is 14.6 Å². The molecule has 2 atom stereocenters. The van der Waals surface area contributed by atoms with Crippen molar-refractivity contribution in [1.82, 2.24) is 14.8 Å². The first-order chi connectivity index (χ1) is 15.6. The van der Waals surface area contributed by atoms with E-state index in [4.69, 9.17) is 9.47 Å². The zero-order valence-electron chi connectivity index (χ0n) is 18.6. The number of hydrogen-bond acceptors (Lipinski definition) is 4. The smallest absolute Gasteiger partial charge is 0.328 e. The molecule has 7 heteroatoms. The third-order valence-corrected chi connectivity index (χ3v) is 6.59. The van der Waals surface area contributed by atoms with Crippen molar-refractivity contribution in [2.75, 3.05) is 20.8 Å². The number of carbonyl (C=O) groups excluding carboxylic acids is 2. The summed E-state index contributed by atoms with van der Waals surface area (Å²) in [5.74, 6) is 1.10. The number of nitrogens with one attached hydrogen (secondary N) is 1. The molecule has 2 aromatic carbocycles. The molecule has 3 amide bonds. The minimum atomic E-state index is -0.510. The number of rotatable bonds is 6. The molecule has 1 fully saturated rings. The Morgan fingerprint density at radius 1 is 1.06 bits per heavy atom. The van der Waals surface area contributed by atoms with Gasteiger partial charge in [0.1, 0.15) is 12.1 Å². The number of aromatic amines is 1. The Bertz CT molecular complexity index is 1200. The molecule has 1 N–H and O–H groups in total. The third-order valence-electron chi connectivity index (χ3n) is 6.59. The highest BCUT2D eigenvalue weighted by Crippen LogP contribution is 2.45. The standard InChI is InChI=1S/C25H27N3O4/c1-4-5-12-27-24(29)19-14-17-16-8-6-7-9-18(16)26-22(17)23(28(19)25(27)30)15-10-11-20(31-2)21(13-15)32-3/h6-11,13,19,23,26H,4-5,12,14H2,1-3H3/t19-,23+/m1/s1. The topological polar surface area (TPSA) is 74.9 Å². The van der Waals surface area contributed by atoms with Crippen LogP contribution in [-0.2, 0) is 11.2 Å². The fourth-order valence-electron chi connectivity index (χ4n) is 5.02. The van der Waals surface area contributed by atoms with Crippen LogP contribution in [0.2, 0.25) is 0 Å². The fraction of sp³-hybridized carbons (Fsp3) is 0.360. The van der Waals surface area contributed by atoms with E-state index in [0.717, 1.165) is 40.6 Å². The molecule has 0 aliphatic carbocycles. The van der Waals surface area contributed by atoms with Gasteiger partial charge in [0.2, 0.25) is 0 Å². The molecule has 1 aromatic heterocycles. The van der Waals surface area contributed by atoms with Gasteiger partial charge in [-0.2, -0.15) is 0 Å². The number of imide groups is 1. The summed E-state index contributed by atoms with van der Waals surface area (Å²) in [7, 11) is 3.19. The number of methoxy groups -OCH3 is 2. The van der Waals surface area contributed by atoms with Gasteiger partial charge in [-0.15, -0.1) is 0 Å². The summed E-state index contributed by atoms with van der Waals surface area (Å²) in [5.41, 5.74) is 3.93. The van der Waals surface area contributed by atoms with Gasteiger partial charge < -0.3 is 14.5 Å². The lowest BCUT2D eigenvalue weighted by molar-refractivity contribution is -0.128. The number of fused-ring (bicyclic) bond motifs is 4. The predicted molar refractivity (Wildman–Crippen MR) is 121 cm³/mol. The third kappa shape index (κ3) is 2.95. The lowest BCUT2D eigenvalue weighted by atomic mass is 9.88. The number of carbonyl (C=O) groups is 2. The van der Waals surface area contributed by atoms with E-state index in [0.29, 0.717) is 24.5 Å². The maximum atomic E-state index is 13.5. The number of urea groups is 1. The van der Waals surface area contributed by atoms with Crippen molar-refractivity contribution in [3.05, 3.63) is 59.3 Å². The number of amides is 3. The number of aromatic nitrogens is 1. The molecule has 0 bridgehead atoms. The first-order valence-corrected chi connectivity index (χ1v) is 11.0. The Morgan fingerprint density at radius 3 is 2.59 bits per heavy atom. The average molecular weight is 434 g/mol. The number of para-hydroxylation sites is 1. The van der Waals surface area contributed by atoms with Crippen molar-refractivity contribution in [3.63, 3.8) is 0 Å². The van der Waals surface area contributed by atoms with Crippen molar-refractivity contribution in [2.45, 2.75) is 38.3 Å². The second-order valence-electron chi connectivity index (χ2n) is 8.33. The number of unbranched alkanes of at least 4 members (excludes halogenated alkanes) is 1. The Balaban J connectivity index is 1.69. The van der Waals surface area contributed by atoms with Crippen LogP contribution in [0.15, 0.2) is 42.5 Å². The summed E-state index contributed by atoms with van der Waals surface area (Å²) >= 11 is 0. The van der Waals surface area contributed by atoms with E-state index in [1.807, 2.05) is 36.4 Å². The molecule has 3 heterocycles. The molecule has 166 valence electrons. The Hall–Kier alpha value is -3.48. The first kappa shape index (κ1) is 20.4. The summed E-state index contributed by atoms with van der Waals surface area (Å²) in [5, 5.41) is 1.10. The number of nitrogens with zero attached hydrogens (tertiary/aromatic N) is 2. The van der Waals surface area contributed by atoms with Gasteiger partial charge in [-0.1, -0.05) is 37.6 Å². The zero-order chi connectivity index (χ0) is 22.4. The molecule has 1 saturated heterocycles. The molecular formula is C25H27N3O4. The maximum absolute atomic E-state index is 13.5. The lowest BCUT2D eigenvalue weighted by Crippen LogP contribution is -2.44. The zero-order valence-corrected chi connectivity index (χ0v) is 18.6. The van der Waals surface area contributed by atoms with Crippen molar-refractivity contribution in [2.24, 2.45) is 0 Å². The van der Waals surface area contributed by atoms with E-state index < -0.39 is 12.1 Å². The van der Waals surface area contributed by atoms with E-state index in [-0.39, 0.29) is 11.9 Å². The second kappa shape index (κ2) is 7.89. The summed E-state index contributed by atoms with van der Waals surface area (Å²) in [6, 6.07) is 12.6. The van der Waals surface area contributed by atoms with Crippen LogP contribution in [0.4, 0.5) is 4.79 Å². The minimum absolute atomic E-state index is 0.107. The van der Waals surface area contributed by atoms with Crippen LogP contribution >= 0.6 is 0 Å². The minimum Gasteiger partial charge on any atom is -0.493 e. The van der Waals surface area contributed by atoms with E-state index in [1.165, 1.54) is 4.90 Å². The van der Waals surface area contributed by atoms with E-state index >= 15 is 0 Å². The van der Waals surface area contributed by atoms with Crippen LogP contribution in [0, 0.1) is 0 Å². The first-order valence-electron chi connectivity index (χ1n) is 11.0. The summed E-state index contributed by atoms with van der Waals surface area (Å²) in [4.78, 5) is 33.6. The van der Waals surface area contributed by atoms with Crippen molar-refractivity contribution >= 4 is 22.8 Å². The second-order valence-corrected chi connectivity index (χ2v) is 8.33. The van der Waals surface area contributed by atoms with Gasteiger partial charge in [0.15, 0.2) is 11.5 Å². The Labute approximate surface area is 186 Å². The Morgan fingerprint density at radius 2 is 1.84 bits per heavy atom. The van der Waals surface area contributed by atoms with Crippen molar-refractivity contribution in [1.29, 1.82) is 0 Å². The van der Waals surface area contributed by atoms with Crippen LogP contribution in [0.5, 0.6) is 11.5 Å². The summed E-state index contributed by atoms with van der Waals surface area (Å²) in [6.07, 6.45) is 2.23.